The van der Waals surface area contributed by atoms with Crippen molar-refractivity contribution in [1.82, 2.24) is 10.6 Å². The molecule has 0 saturated heterocycles. The Morgan fingerprint density at radius 3 is 1.06 bits per heavy atom. The van der Waals surface area contributed by atoms with Gasteiger partial charge >= 0.3 is 0 Å². The number of hydrogen-bond donors (Lipinski definition) is 4. The number of rotatable bonds is 36. The van der Waals surface area contributed by atoms with E-state index in [9.17, 15) is 19.8 Å². The van der Waals surface area contributed by atoms with Crippen LogP contribution in [0, 0.1) is 0 Å². The van der Waals surface area contributed by atoms with Crippen LogP contribution in [0.4, 0.5) is 0 Å². The molecule has 1 aromatic rings. The molecule has 4 N–H and O–H groups in total. The average molecular weight is 701 g/mol. The van der Waals surface area contributed by atoms with E-state index in [4.69, 9.17) is 0 Å². The molecule has 2 atom stereocenters. The second-order valence-electron chi connectivity index (χ2n) is 15.0. The van der Waals surface area contributed by atoms with E-state index in [0.717, 1.165) is 64.2 Å². The lowest BCUT2D eigenvalue weighted by Gasteiger charge is -2.10. The molecule has 6 heteroatoms. The monoisotopic (exact) mass is 701 g/mol. The summed E-state index contributed by atoms with van der Waals surface area (Å²) in [5, 5.41) is 26.2. The van der Waals surface area contributed by atoms with Crippen LogP contribution >= 0.6 is 0 Å². The molecular formula is C44H80N2O4. The van der Waals surface area contributed by atoms with Crippen molar-refractivity contribution in [2.45, 2.75) is 219 Å². The van der Waals surface area contributed by atoms with Gasteiger partial charge < -0.3 is 20.8 Å². The Bertz CT molecular complexity index is 854. The maximum atomic E-state index is 12.7. The molecule has 0 saturated carbocycles. The molecule has 1 aromatic carbocycles. The minimum absolute atomic E-state index is 0.0978. The molecule has 0 heterocycles. The van der Waals surface area contributed by atoms with Gasteiger partial charge in [-0.05, 0) is 56.7 Å². The van der Waals surface area contributed by atoms with Gasteiger partial charge in [0.2, 0.25) is 0 Å². The fraction of sp³-hybridized carbons (Fsp3) is 0.818. The first-order valence-corrected chi connectivity index (χ1v) is 21.5. The summed E-state index contributed by atoms with van der Waals surface area (Å²) in [4.78, 5) is 25.3. The Morgan fingerprint density at radius 1 is 0.460 bits per heavy atom. The molecule has 0 aliphatic carbocycles. The minimum atomic E-state index is -0.110. The van der Waals surface area contributed by atoms with Gasteiger partial charge in [0.15, 0.2) is 0 Å². The van der Waals surface area contributed by atoms with Gasteiger partial charge in [0, 0.05) is 24.2 Å². The van der Waals surface area contributed by atoms with E-state index in [-0.39, 0.29) is 24.0 Å². The Balaban J connectivity index is 1.98. The molecule has 0 fully saturated rings. The standard InChI is InChI=1S/C44H80N2O4/c1-3-5-7-23-32-41(47)34-25-19-15-11-9-13-17-21-27-36-45-43(49)39-30-29-31-40(38-39)44(50)46-37-28-22-18-14-10-12-16-20-26-35-42(48)33-24-8-6-4-2/h29-31,38,41-42,47-48H,3-28,32-37H2,1-2H3,(H,45,49)(H,46,50). The zero-order valence-electron chi connectivity index (χ0n) is 32.8. The lowest BCUT2D eigenvalue weighted by atomic mass is 10.0. The number of aliphatic hydroxyl groups is 2. The third-order valence-corrected chi connectivity index (χ3v) is 10.2. The molecule has 0 bridgehead atoms. The van der Waals surface area contributed by atoms with Gasteiger partial charge in [0.25, 0.3) is 11.8 Å². The van der Waals surface area contributed by atoms with E-state index in [1.165, 1.54) is 128 Å². The summed E-state index contributed by atoms with van der Waals surface area (Å²) in [7, 11) is 0. The summed E-state index contributed by atoms with van der Waals surface area (Å²) in [6.45, 7) is 5.78. The lowest BCUT2D eigenvalue weighted by molar-refractivity contribution is 0.0952. The molecule has 2 unspecified atom stereocenters. The molecule has 290 valence electrons. The molecule has 1 rings (SSSR count). The maximum absolute atomic E-state index is 12.7. The van der Waals surface area contributed by atoms with Crippen molar-refractivity contribution in [3.8, 4) is 0 Å². The highest BCUT2D eigenvalue weighted by atomic mass is 16.3. The number of carbonyl (C=O) groups excluding carboxylic acids is 2. The average Bonchev–Trinajstić information content (AvgIpc) is 3.12. The second-order valence-corrected chi connectivity index (χ2v) is 15.0. The lowest BCUT2D eigenvalue weighted by Crippen LogP contribution is -2.26. The van der Waals surface area contributed by atoms with Gasteiger partial charge in [-0.1, -0.05) is 174 Å². The van der Waals surface area contributed by atoms with Crippen molar-refractivity contribution >= 4 is 11.8 Å². The van der Waals surface area contributed by atoms with Gasteiger partial charge in [-0.15, -0.1) is 0 Å². The summed E-state index contributed by atoms with van der Waals surface area (Å²) < 4.78 is 0. The zero-order valence-corrected chi connectivity index (χ0v) is 32.8. The number of benzene rings is 1. The van der Waals surface area contributed by atoms with Crippen LogP contribution < -0.4 is 10.6 Å². The van der Waals surface area contributed by atoms with Crippen LogP contribution in [0.1, 0.15) is 227 Å². The van der Waals surface area contributed by atoms with Crippen LogP contribution in [0.25, 0.3) is 0 Å². The summed E-state index contributed by atoms with van der Waals surface area (Å²) in [6.07, 6.45) is 35.1. The van der Waals surface area contributed by atoms with Crippen molar-refractivity contribution < 1.29 is 19.8 Å². The van der Waals surface area contributed by atoms with Crippen LogP contribution in [0.3, 0.4) is 0 Å². The number of hydrogen-bond acceptors (Lipinski definition) is 4. The molecular weight excluding hydrogens is 620 g/mol. The Hall–Kier alpha value is -1.92. The van der Waals surface area contributed by atoms with E-state index in [1.807, 2.05) is 0 Å². The van der Waals surface area contributed by atoms with E-state index in [1.54, 1.807) is 24.3 Å². The van der Waals surface area contributed by atoms with Crippen LogP contribution in [0.5, 0.6) is 0 Å². The van der Waals surface area contributed by atoms with Gasteiger partial charge in [-0.3, -0.25) is 9.59 Å². The van der Waals surface area contributed by atoms with Crippen molar-refractivity contribution in [2.75, 3.05) is 13.1 Å². The summed E-state index contributed by atoms with van der Waals surface area (Å²) >= 11 is 0. The molecule has 0 aromatic heterocycles. The van der Waals surface area contributed by atoms with Gasteiger partial charge in [0.05, 0.1) is 12.2 Å². The molecule has 0 aliphatic heterocycles. The van der Waals surface area contributed by atoms with Gasteiger partial charge in [-0.25, -0.2) is 0 Å². The fourth-order valence-corrected chi connectivity index (χ4v) is 6.80. The number of unbranched alkanes of at least 4 members (excludes halogenated alkanes) is 22. The van der Waals surface area contributed by atoms with Crippen LogP contribution in [0.15, 0.2) is 24.3 Å². The first kappa shape index (κ1) is 46.1. The minimum Gasteiger partial charge on any atom is -0.393 e. The van der Waals surface area contributed by atoms with Crippen molar-refractivity contribution in [2.24, 2.45) is 0 Å². The SMILES string of the molecule is CCCCCCC(O)CCCCCCCCCCCNC(=O)c1cccc(C(=O)NCCCCCCCCCCCC(O)CCCCCC)c1. The second kappa shape index (κ2) is 34.2. The predicted octanol–water partition coefficient (Wildman–Crippen LogP) is 11.6. The largest absolute Gasteiger partial charge is 0.393 e. The van der Waals surface area contributed by atoms with Crippen molar-refractivity contribution in [3.05, 3.63) is 35.4 Å². The topological polar surface area (TPSA) is 98.7 Å². The molecule has 0 radical (unpaired) electrons. The predicted molar refractivity (Wildman–Crippen MR) is 213 cm³/mol. The van der Waals surface area contributed by atoms with Gasteiger partial charge in [-0.2, -0.15) is 0 Å². The van der Waals surface area contributed by atoms with E-state index in [0.29, 0.717) is 24.2 Å². The number of aliphatic hydroxyl groups excluding tert-OH is 2. The number of amides is 2. The number of nitrogens with one attached hydrogen (secondary N) is 2. The molecule has 6 nitrogen and oxygen atoms in total. The Kier molecular flexibility index (Phi) is 31.5. The summed E-state index contributed by atoms with van der Waals surface area (Å²) in [5.41, 5.74) is 1.08. The highest BCUT2D eigenvalue weighted by Crippen LogP contribution is 2.16. The third kappa shape index (κ3) is 27.8. The smallest absolute Gasteiger partial charge is 0.251 e. The number of carbonyl (C=O) groups is 2. The fourth-order valence-electron chi connectivity index (χ4n) is 6.80. The van der Waals surface area contributed by atoms with Crippen LogP contribution in [-0.4, -0.2) is 47.3 Å². The van der Waals surface area contributed by atoms with E-state index >= 15 is 0 Å². The first-order valence-electron chi connectivity index (χ1n) is 21.5. The van der Waals surface area contributed by atoms with Crippen LogP contribution in [0.2, 0.25) is 0 Å². The summed E-state index contributed by atoms with van der Waals surface area (Å²) in [5.74, 6) is -0.220. The van der Waals surface area contributed by atoms with E-state index in [2.05, 4.69) is 24.5 Å². The molecule has 0 spiro atoms. The normalized spacial score (nSPS) is 12.6. The first-order chi connectivity index (χ1) is 24.5. The van der Waals surface area contributed by atoms with Crippen molar-refractivity contribution in [3.63, 3.8) is 0 Å². The highest BCUT2D eigenvalue weighted by Gasteiger charge is 2.10. The van der Waals surface area contributed by atoms with Crippen LogP contribution in [-0.2, 0) is 0 Å². The molecule has 0 aliphatic rings. The summed E-state index contributed by atoms with van der Waals surface area (Å²) in [6, 6.07) is 7.05. The van der Waals surface area contributed by atoms with Gasteiger partial charge in [0.1, 0.15) is 0 Å². The third-order valence-electron chi connectivity index (χ3n) is 10.2. The maximum Gasteiger partial charge on any atom is 0.251 e. The Morgan fingerprint density at radius 2 is 0.740 bits per heavy atom. The quantitative estimate of drug-likeness (QED) is 0.0524. The molecule has 2 amide bonds. The zero-order chi connectivity index (χ0) is 36.3. The van der Waals surface area contributed by atoms with E-state index < -0.39 is 0 Å². The van der Waals surface area contributed by atoms with Crippen molar-refractivity contribution in [1.29, 1.82) is 0 Å². The Labute approximate surface area is 308 Å². The molecule has 50 heavy (non-hydrogen) atoms. The highest BCUT2D eigenvalue weighted by molar-refractivity contribution is 5.99.